The Balaban J connectivity index is 1.73. The van der Waals surface area contributed by atoms with Crippen LogP contribution in [0.1, 0.15) is 37.2 Å². The third kappa shape index (κ3) is 3.74. The van der Waals surface area contributed by atoms with Gasteiger partial charge in [-0.2, -0.15) is 13.2 Å². The van der Waals surface area contributed by atoms with E-state index in [-0.39, 0.29) is 11.9 Å². The highest BCUT2D eigenvalue weighted by molar-refractivity contribution is 6.00. The van der Waals surface area contributed by atoms with Crippen molar-refractivity contribution in [2.45, 2.75) is 55.4 Å². The standard InChI is InChI=1S/C16H16F7N7/c17-13(18)3-7(4-13)15(10-25-2-1-9(27-10)16(21,22)23)29-11(24)28-12(30-15)26-8-5-14(19,20)6-8/h1-2,7-8H,3-6H2,(H4,24,26,28,29,30). The summed E-state index contributed by atoms with van der Waals surface area (Å²) in [5, 5.41) is 5.15. The van der Waals surface area contributed by atoms with Gasteiger partial charge in [0.15, 0.2) is 17.4 Å². The lowest BCUT2D eigenvalue weighted by Gasteiger charge is -2.47. The average molecular weight is 439 g/mol. The van der Waals surface area contributed by atoms with Crippen LogP contribution < -0.4 is 16.4 Å². The van der Waals surface area contributed by atoms with Crippen LogP contribution in [-0.2, 0) is 11.8 Å². The first kappa shape index (κ1) is 20.6. The molecule has 30 heavy (non-hydrogen) atoms. The molecule has 2 aliphatic carbocycles. The second kappa shape index (κ2) is 6.41. The van der Waals surface area contributed by atoms with Crippen molar-refractivity contribution in [2.24, 2.45) is 21.6 Å². The van der Waals surface area contributed by atoms with Crippen molar-refractivity contribution >= 4 is 11.9 Å². The molecule has 4 N–H and O–H groups in total. The minimum Gasteiger partial charge on any atom is -0.370 e. The topological polar surface area (TPSA) is 101 Å². The van der Waals surface area contributed by atoms with Gasteiger partial charge in [0.25, 0.3) is 5.92 Å². The zero-order valence-electron chi connectivity index (χ0n) is 15.1. The maximum Gasteiger partial charge on any atom is 0.433 e. The molecule has 1 aromatic rings. The molecule has 0 amide bonds. The molecular formula is C16H16F7N7. The van der Waals surface area contributed by atoms with E-state index in [4.69, 9.17) is 5.73 Å². The van der Waals surface area contributed by atoms with E-state index >= 15 is 0 Å². The molecular weight excluding hydrogens is 423 g/mol. The molecule has 1 atom stereocenters. The Kier molecular flexibility index (Phi) is 4.40. The molecule has 1 aromatic heterocycles. The highest BCUT2D eigenvalue weighted by Crippen LogP contribution is 2.51. The average Bonchev–Trinajstić information content (AvgIpc) is 2.57. The Bertz CT molecular complexity index is 897. The van der Waals surface area contributed by atoms with E-state index in [1.54, 1.807) is 0 Å². The van der Waals surface area contributed by atoms with Crippen molar-refractivity contribution in [3.63, 3.8) is 0 Å². The van der Waals surface area contributed by atoms with Gasteiger partial charge in [0.1, 0.15) is 5.69 Å². The van der Waals surface area contributed by atoms with Crippen LogP contribution in [0.4, 0.5) is 30.7 Å². The van der Waals surface area contributed by atoms with E-state index in [0.29, 0.717) is 6.07 Å². The van der Waals surface area contributed by atoms with E-state index in [9.17, 15) is 30.7 Å². The monoisotopic (exact) mass is 439 g/mol. The number of hydrogen-bond donors (Lipinski definition) is 3. The summed E-state index contributed by atoms with van der Waals surface area (Å²) in [7, 11) is 0. The van der Waals surface area contributed by atoms with Gasteiger partial charge in [-0.3, -0.25) is 5.32 Å². The summed E-state index contributed by atoms with van der Waals surface area (Å²) in [6.07, 6.45) is -6.42. The molecule has 1 aliphatic heterocycles. The molecule has 7 nitrogen and oxygen atoms in total. The van der Waals surface area contributed by atoms with E-state index in [1.807, 2.05) is 0 Å². The molecule has 0 aromatic carbocycles. The lowest BCUT2D eigenvalue weighted by Crippen LogP contribution is -2.65. The van der Waals surface area contributed by atoms with Crippen molar-refractivity contribution in [3.05, 3.63) is 23.8 Å². The summed E-state index contributed by atoms with van der Waals surface area (Å²) in [5.74, 6) is -7.93. The predicted molar refractivity (Wildman–Crippen MR) is 89.7 cm³/mol. The van der Waals surface area contributed by atoms with E-state index in [0.717, 1.165) is 6.20 Å². The molecule has 3 aliphatic rings. The molecule has 2 saturated carbocycles. The summed E-state index contributed by atoms with van der Waals surface area (Å²) >= 11 is 0. The highest BCUT2D eigenvalue weighted by atomic mass is 19.4. The van der Waals surface area contributed by atoms with E-state index < -0.39 is 72.8 Å². The van der Waals surface area contributed by atoms with Gasteiger partial charge in [0.2, 0.25) is 11.9 Å². The first-order chi connectivity index (χ1) is 13.8. The van der Waals surface area contributed by atoms with E-state index in [1.165, 1.54) is 0 Å². The fraction of sp³-hybridized carbons (Fsp3) is 0.625. The molecule has 0 saturated heterocycles. The van der Waals surface area contributed by atoms with Gasteiger partial charge < -0.3 is 11.1 Å². The highest BCUT2D eigenvalue weighted by Gasteiger charge is 2.59. The molecule has 14 heteroatoms. The number of aromatic nitrogens is 2. The lowest BCUT2D eigenvalue weighted by atomic mass is 9.72. The lowest BCUT2D eigenvalue weighted by molar-refractivity contribution is -0.144. The van der Waals surface area contributed by atoms with Crippen LogP contribution >= 0.6 is 0 Å². The normalized spacial score (nSPS) is 30.0. The van der Waals surface area contributed by atoms with Gasteiger partial charge >= 0.3 is 6.18 Å². The van der Waals surface area contributed by atoms with Gasteiger partial charge in [-0.25, -0.2) is 37.5 Å². The third-order valence-electron chi connectivity index (χ3n) is 5.20. The summed E-state index contributed by atoms with van der Waals surface area (Å²) in [6, 6.07) is -0.143. The minimum atomic E-state index is -4.81. The number of rotatable bonds is 3. The number of nitrogens with two attached hydrogens (primary N) is 1. The maximum atomic E-state index is 13.6. The second-order valence-electron chi connectivity index (χ2n) is 7.63. The fourth-order valence-corrected chi connectivity index (χ4v) is 3.69. The van der Waals surface area contributed by atoms with Gasteiger partial charge in [-0.15, -0.1) is 0 Å². The van der Waals surface area contributed by atoms with Crippen LogP contribution in [0.15, 0.2) is 22.2 Å². The van der Waals surface area contributed by atoms with Crippen LogP contribution in [0.5, 0.6) is 0 Å². The van der Waals surface area contributed by atoms with Crippen molar-refractivity contribution in [1.29, 1.82) is 0 Å². The number of halogens is 7. The molecule has 2 heterocycles. The van der Waals surface area contributed by atoms with Gasteiger partial charge in [-0.05, 0) is 6.07 Å². The summed E-state index contributed by atoms with van der Waals surface area (Å²) in [4.78, 5) is 15.4. The van der Waals surface area contributed by atoms with Gasteiger partial charge in [-0.1, -0.05) is 0 Å². The summed E-state index contributed by atoms with van der Waals surface area (Å²) in [5.41, 5.74) is 2.50. The van der Waals surface area contributed by atoms with Gasteiger partial charge in [0.05, 0.1) is 6.04 Å². The molecule has 0 bridgehead atoms. The predicted octanol–water partition coefficient (Wildman–Crippen LogP) is 2.35. The number of alkyl halides is 7. The van der Waals surface area contributed by atoms with Gasteiger partial charge in [0, 0.05) is 37.8 Å². The number of nitrogens with zero attached hydrogens (tertiary/aromatic N) is 4. The Labute approximate surface area is 165 Å². The fourth-order valence-electron chi connectivity index (χ4n) is 3.69. The van der Waals surface area contributed by atoms with E-state index in [2.05, 4.69) is 30.6 Å². The SMILES string of the molecule is NC1=NC(c2nccc(C(F)(F)F)n2)(C2CC(F)(F)C2)NC(=NC2CC(F)(F)C2)N1. The molecule has 2 fully saturated rings. The van der Waals surface area contributed by atoms with Crippen LogP contribution in [-0.4, -0.2) is 39.8 Å². The Morgan fingerprint density at radius 2 is 1.70 bits per heavy atom. The maximum absolute atomic E-state index is 13.6. The summed E-state index contributed by atoms with van der Waals surface area (Å²) in [6.45, 7) is 0. The molecule has 1 unspecified atom stereocenters. The smallest absolute Gasteiger partial charge is 0.370 e. The molecule has 4 rings (SSSR count). The molecule has 0 spiro atoms. The van der Waals surface area contributed by atoms with Crippen molar-refractivity contribution in [2.75, 3.05) is 0 Å². The van der Waals surface area contributed by atoms with Crippen LogP contribution in [0, 0.1) is 5.92 Å². The first-order valence-electron chi connectivity index (χ1n) is 8.93. The quantitative estimate of drug-likeness (QED) is 0.628. The van der Waals surface area contributed by atoms with Crippen LogP contribution in [0.3, 0.4) is 0 Å². The molecule has 164 valence electrons. The number of aliphatic imine (C=N–C) groups is 2. The largest absolute Gasteiger partial charge is 0.433 e. The van der Waals surface area contributed by atoms with Crippen molar-refractivity contribution in [1.82, 2.24) is 20.6 Å². The van der Waals surface area contributed by atoms with Crippen molar-refractivity contribution in [3.8, 4) is 0 Å². The zero-order chi connectivity index (χ0) is 21.9. The number of guanidine groups is 2. The second-order valence-corrected chi connectivity index (χ2v) is 7.63. The molecule has 0 radical (unpaired) electrons. The first-order valence-corrected chi connectivity index (χ1v) is 8.93. The Morgan fingerprint density at radius 3 is 2.27 bits per heavy atom. The third-order valence-corrected chi connectivity index (χ3v) is 5.20. The number of hydrogen-bond acceptors (Lipinski definition) is 5. The van der Waals surface area contributed by atoms with Crippen LogP contribution in [0.25, 0.3) is 0 Å². The Hall–Kier alpha value is -2.67. The number of nitrogens with one attached hydrogen (secondary N) is 2. The van der Waals surface area contributed by atoms with Crippen LogP contribution in [0.2, 0.25) is 0 Å². The Morgan fingerprint density at radius 1 is 1.07 bits per heavy atom. The minimum absolute atomic E-state index is 0.167. The zero-order valence-corrected chi connectivity index (χ0v) is 15.1. The summed E-state index contributed by atoms with van der Waals surface area (Å²) < 4.78 is 92.8. The van der Waals surface area contributed by atoms with Crippen molar-refractivity contribution < 1.29 is 30.7 Å².